The standard InChI is InChI=1S/C26H24F4N6O2S/c1-31-25-36(14-22(27)39-25)11-15-8-19(21-13-34(2)33-23(21)26(28,29)30)18-5-7-35(24(37)20(18)9-15)12-16-10-17(38-3)4-6-32-16/h4,6,8-10,13-14H,5,7,11-12H2,1-3H3. The maximum absolute atomic E-state index is 14.0. The molecule has 1 aliphatic heterocycles. The number of ether oxygens (including phenoxy) is 1. The molecule has 1 aromatic carbocycles. The fraction of sp³-hybridized carbons (Fsp3) is 0.308. The highest BCUT2D eigenvalue weighted by molar-refractivity contribution is 7.07. The lowest BCUT2D eigenvalue weighted by atomic mass is 9.88. The number of alkyl halides is 3. The third kappa shape index (κ3) is 5.31. The van der Waals surface area contributed by atoms with Crippen LogP contribution >= 0.6 is 11.3 Å². The normalized spacial score (nSPS) is 14.2. The molecule has 39 heavy (non-hydrogen) atoms. The van der Waals surface area contributed by atoms with E-state index in [9.17, 15) is 22.4 Å². The molecular weight excluding hydrogens is 536 g/mol. The van der Waals surface area contributed by atoms with Gasteiger partial charge >= 0.3 is 6.18 Å². The minimum absolute atomic E-state index is 0.110. The number of aryl methyl sites for hydroxylation is 1. The predicted molar refractivity (Wildman–Crippen MR) is 136 cm³/mol. The Hall–Kier alpha value is -4.00. The van der Waals surface area contributed by atoms with Gasteiger partial charge in [0.05, 0.1) is 25.5 Å². The number of hydrogen-bond acceptors (Lipinski definition) is 6. The summed E-state index contributed by atoms with van der Waals surface area (Å²) in [7, 11) is 4.48. The van der Waals surface area contributed by atoms with Crippen molar-refractivity contribution in [3.8, 4) is 16.9 Å². The average molecular weight is 561 g/mol. The lowest BCUT2D eigenvalue weighted by molar-refractivity contribution is -0.140. The molecule has 0 aliphatic carbocycles. The first kappa shape index (κ1) is 26.6. The number of halogens is 4. The number of hydrogen-bond donors (Lipinski definition) is 0. The predicted octanol–water partition coefficient (Wildman–Crippen LogP) is 4.29. The van der Waals surface area contributed by atoms with Crippen molar-refractivity contribution in [2.24, 2.45) is 12.0 Å². The van der Waals surface area contributed by atoms with E-state index in [1.54, 1.807) is 39.9 Å². The van der Waals surface area contributed by atoms with Crippen LogP contribution in [-0.4, -0.2) is 50.8 Å². The minimum atomic E-state index is -4.69. The maximum atomic E-state index is 14.0. The van der Waals surface area contributed by atoms with Crippen molar-refractivity contribution in [1.29, 1.82) is 0 Å². The molecule has 0 spiro atoms. The fourth-order valence-electron chi connectivity index (χ4n) is 4.79. The molecule has 0 fully saturated rings. The van der Waals surface area contributed by atoms with Crippen molar-refractivity contribution < 1.29 is 27.1 Å². The SMILES string of the molecule is CN=c1sc(F)cn1Cc1cc2c(c(-c3cn(C)nc3C(F)(F)F)c1)CCN(Cc1cc(OC)ccn1)C2=O. The second-order valence-corrected chi connectivity index (χ2v) is 10.0. The summed E-state index contributed by atoms with van der Waals surface area (Å²) in [4.78, 5) is 24.1. The van der Waals surface area contributed by atoms with E-state index in [0.29, 0.717) is 45.9 Å². The van der Waals surface area contributed by atoms with E-state index in [0.717, 1.165) is 16.0 Å². The van der Waals surface area contributed by atoms with Gasteiger partial charge in [0.1, 0.15) is 5.75 Å². The number of benzene rings is 1. The van der Waals surface area contributed by atoms with Gasteiger partial charge in [-0.3, -0.25) is 19.5 Å². The van der Waals surface area contributed by atoms with Crippen molar-refractivity contribution in [3.05, 3.63) is 80.9 Å². The first-order valence-electron chi connectivity index (χ1n) is 11.9. The third-order valence-corrected chi connectivity index (χ3v) is 7.36. The number of pyridine rings is 1. The third-order valence-electron chi connectivity index (χ3n) is 6.46. The number of nitrogens with zero attached hydrogens (tertiary/aromatic N) is 6. The van der Waals surface area contributed by atoms with Crippen molar-refractivity contribution >= 4 is 17.2 Å². The highest BCUT2D eigenvalue weighted by atomic mass is 32.1. The molecule has 0 saturated heterocycles. The molecule has 4 aromatic rings. The molecule has 0 radical (unpaired) electrons. The summed E-state index contributed by atoms with van der Waals surface area (Å²) in [5.74, 6) is 0.270. The van der Waals surface area contributed by atoms with Gasteiger partial charge in [0.2, 0.25) is 0 Å². The second-order valence-electron chi connectivity index (χ2n) is 9.07. The van der Waals surface area contributed by atoms with E-state index < -0.39 is 17.0 Å². The number of carbonyl (C=O) groups excluding carboxylic acids is 1. The topological polar surface area (TPSA) is 77.5 Å². The van der Waals surface area contributed by atoms with Gasteiger partial charge < -0.3 is 14.2 Å². The Morgan fingerprint density at radius 3 is 2.62 bits per heavy atom. The Kier molecular flexibility index (Phi) is 7.02. The zero-order chi connectivity index (χ0) is 27.9. The quantitative estimate of drug-likeness (QED) is 0.330. The van der Waals surface area contributed by atoms with E-state index >= 15 is 0 Å². The van der Waals surface area contributed by atoms with Gasteiger partial charge in [0, 0.05) is 56.8 Å². The fourth-order valence-corrected chi connectivity index (χ4v) is 5.47. The van der Waals surface area contributed by atoms with Crippen LogP contribution in [0.4, 0.5) is 17.6 Å². The lowest BCUT2D eigenvalue weighted by Gasteiger charge is -2.30. The van der Waals surface area contributed by atoms with Gasteiger partial charge in [-0.05, 0) is 41.3 Å². The Balaban J connectivity index is 1.62. The summed E-state index contributed by atoms with van der Waals surface area (Å²) in [5.41, 5.74) is 1.09. The molecule has 0 atom stereocenters. The van der Waals surface area contributed by atoms with Crippen LogP contribution in [0.15, 0.2) is 47.8 Å². The van der Waals surface area contributed by atoms with Gasteiger partial charge in [-0.1, -0.05) is 11.3 Å². The maximum Gasteiger partial charge on any atom is 0.435 e. The van der Waals surface area contributed by atoms with E-state index in [-0.39, 0.29) is 30.1 Å². The molecule has 13 heteroatoms. The van der Waals surface area contributed by atoms with Crippen molar-refractivity contribution in [3.63, 3.8) is 0 Å². The first-order chi connectivity index (χ1) is 18.6. The Morgan fingerprint density at radius 2 is 1.90 bits per heavy atom. The van der Waals surface area contributed by atoms with Crippen LogP contribution in [0, 0.1) is 5.13 Å². The largest absolute Gasteiger partial charge is 0.497 e. The molecule has 0 bridgehead atoms. The van der Waals surface area contributed by atoms with Crippen molar-refractivity contribution in [2.45, 2.75) is 25.7 Å². The molecule has 0 unspecified atom stereocenters. The Morgan fingerprint density at radius 1 is 1.13 bits per heavy atom. The summed E-state index contributed by atoms with van der Waals surface area (Å²) in [6.45, 7) is 0.612. The van der Waals surface area contributed by atoms with Crippen LogP contribution in [-0.2, 0) is 32.7 Å². The highest BCUT2D eigenvalue weighted by Crippen LogP contribution is 2.40. The van der Waals surface area contributed by atoms with Crippen molar-refractivity contribution in [2.75, 3.05) is 20.7 Å². The number of aromatic nitrogens is 4. The zero-order valence-corrected chi connectivity index (χ0v) is 22.1. The zero-order valence-electron chi connectivity index (χ0n) is 21.3. The highest BCUT2D eigenvalue weighted by Gasteiger charge is 2.39. The van der Waals surface area contributed by atoms with Crippen LogP contribution in [0.3, 0.4) is 0 Å². The molecule has 204 valence electrons. The number of rotatable bonds is 6. The number of fused-ring (bicyclic) bond motifs is 1. The van der Waals surface area contributed by atoms with E-state index in [2.05, 4.69) is 15.1 Å². The second kappa shape index (κ2) is 10.3. The Labute approximate surface area is 224 Å². The summed E-state index contributed by atoms with van der Waals surface area (Å²) in [5, 5.41) is 3.22. The monoisotopic (exact) mass is 560 g/mol. The summed E-state index contributed by atoms with van der Waals surface area (Å²) in [6.07, 6.45) is -0.185. The molecular formula is C26H24F4N6O2S. The molecule has 5 rings (SSSR count). The number of methoxy groups -OCH3 is 1. The molecule has 4 heterocycles. The molecule has 0 saturated carbocycles. The van der Waals surface area contributed by atoms with Crippen LogP contribution < -0.4 is 9.54 Å². The van der Waals surface area contributed by atoms with Crippen LogP contribution in [0.5, 0.6) is 5.75 Å². The molecule has 1 aliphatic rings. The Bertz CT molecular complexity index is 1620. The van der Waals surface area contributed by atoms with Gasteiger partial charge in [0.25, 0.3) is 5.91 Å². The lowest BCUT2D eigenvalue weighted by Crippen LogP contribution is -2.37. The summed E-state index contributed by atoms with van der Waals surface area (Å²) >= 11 is 0.852. The van der Waals surface area contributed by atoms with E-state index in [4.69, 9.17) is 4.74 Å². The molecule has 1 amide bonds. The van der Waals surface area contributed by atoms with Gasteiger partial charge in [-0.2, -0.15) is 22.7 Å². The molecule has 3 aromatic heterocycles. The van der Waals surface area contributed by atoms with Gasteiger partial charge in [-0.25, -0.2) is 0 Å². The van der Waals surface area contributed by atoms with Crippen LogP contribution in [0.2, 0.25) is 0 Å². The van der Waals surface area contributed by atoms with Crippen molar-refractivity contribution in [1.82, 2.24) is 24.2 Å². The van der Waals surface area contributed by atoms with Gasteiger partial charge in [-0.15, -0.1) is 0 Å². The first-order valence-corrected chi connectivity index (χ1v) is 12.7. The van der Waals surface area contributed by atoms with Crippen LogP contribution in [0.1, 0.15) is 32.9 Å². The minimum Gasteiger partial charge on any atom is -0.497 e. The van der Waals surface area contributed by atoms with Gasteiger partial charge in [0.15, 0.2) is 15.6 Å². The van der Waals surface area contributed by atoms with Crippen LogP contribution in [0.25, 0.3) is 11.1 Å². The smallest absolute Gasteiger partial charge is 0.435 e. The van der Waals surface area contributed by atoms with E-state index in [1.165, 1.54) is 33.6 Å². The summed E-state index contributed by atoms with van der Waals surface area (Å²) in [6, 6.07) is 6.72. The number of thiazole rings is 1. The number of amides is 1. The molecule has 8 nitrogen and oxygen atoms in total. The summed E-state index contributed by atoms with van der Waals surface area (Å²) < 4.78 is 63.7. The average Bonchev–Trinajstić information content (AvgIpc) is 3.47. The number of carbonyl (C=O) groups is 1. The van der Waals surface area contributed by atoms with E-state index in [1.807, 2.05) is 0 Å². The molecule has 0 N–H and O–H groups in total.